The summed E-state index contributed by atoms with van der Waals surface area (Å²) < 4.78 is 24.3. The van der Waals surface area contributed by atoms with Crippen molar-refractivity contribution in [2.75, 3.05) is 22.2 Å². The molecule has 2 atom stereocenters. The van der Waals surface area contributed by atoms with Crippen molar-refractivity contribution in [2.45, 2.75) is 31.8 Å². The van der Waals surface area contributed by atoms with Crippen LogP contribution in [0, 0.1) is 0 Å². The van der Waals surface area contributed by atoms with Crippen LogP contribution in [0.15, 0.2) is 59.6 Å². The van der Waals surface area contributed by atoms with Gasteiger partial charge in [-0.05, 0) is 49.6 Å². The first-order valence-electron chi connectivity index (χ1n) is 9.78. The van der Waals surface area contributed by atoms with Gasteiger partial charge in [0.2, 0.25) is 0 Å². The number of rotatable bonds is 6. The maximum atomic E-state index is 12.1. The molecule has 7 heteroatoms. The summed E-state index contributed by atoms with van der Waals surface area (Å²) >= 11 is 1.69. The van der Waals surface area contributed by atoms with E-state index in [0.717, 1.165) is 29.4 Å². The number of aryl methyl sites for hydroxylation is 1. The summed E-state index contributed by atoms with van der Waals surface area (Å²) in [5, 5.41) is 0.888. The topological polar surface area (TPSA) is 66.8 Å². The lowest BCUT2D eigenvalue weighted by atomic mass is 10.1. The van der Waals surface area contributed by atoms with Gasteiger partial charge in [0, 0.05) is 17.0 Å². The zero-order chi connectivity index (χ0) is 20.4. The molecule has 2 aliphatic heterocycles. The van der Waals surface area contributed by atoms with E-state index in [2.05, 4.69) is 29.2 Å². The fraction of sp³-hybridized carbons (Fsp3) is 0.364. The number of carbonyl (C=O) groups is 1. The predicted octanol–water partition coefficient (Wildman–Crippen LogP) is 3.60. The van der Waals surface area contributed by atoms with Crippen LogP contribution in [0.5, 0.6) is 0 Å². The molecule has 0 radical (unpaired) electrons. The standard InChI is InChI=1S/C22H24N2O3S2/c1-16(25)18-9-11-19(12-10-18)24-21-15-29(26,27)14-20(21)23-22(24)28-13-5-8-17-6-3-2-4-7-17/h2-4,6-7,9-12,20-21H,5,8,13-15H2,1H3/t20-,21+/m1/s1. The minimum absolute atomic E-state index is 0.0171. The van der Waals surface area contributed by atoms with Crippen LogP contribution in [-0.2, 0) is 16.3 Å². The number of Topliss-reactive ketones (excluding diaryl/α,β-unsaturated/α-hetero) is 1. The Labute approximate surface area is 176 Å². The van der Waals surface area contributed by atoms with Gasteiger partial charge in [-0.3, -0.25) is 9.79 Å². The maximum Gasteiger partial charge on any atom is 0.164 e. The van der Waals surface area contributed by atoms with Crippen LogP contribution in [0.4, 0.5) is 5.69 Å². The molecule has 0 bridgehead atoms. The normalized spacial score (nSPS) is 22.4. The molecule has 2 heterocycles. The number of aliphatic imine (C=N–C) groups is 1. The zero-order valence-corrected chi connectivity index (χ0v) is 18.0. The van der Waals surface area contributed by atoms with Crippen LogP contribution in [0.1, 0.15) is 29.3 Å². The molecule has 152 valence electrons. The third-order valence-corrected chi connectivity index (χ3v) is 8.10. The first kappa shape index (κ1) is 20.2. The molecule has 2 aromatic rings. The van der Waals surface area contributed by atoms with E-state index in [1.165, 1.54) is 5.56 Å². The van der Waals surface area contributed by atoms with Crippen molar-refractivity contribution in [3.63, 3.8) is 0 Å². The third-order valence-electron chi connectivity index (χ3n) is 5.34. The van der Waals surface area contributed by atoms with Gasteiger partial charge in [-0.25, -0.2) is 8.42 Å². The molecule has 5 nitrogen and oxygen atoms in total. The minimum atomic E-state index is -3.06. The van der Waals surface area contributed by atoms with Crippen LogP contribution in [0.3, 0.4) is 0 Å². The van der Waals surface area contributed by atoms with Gasteiger partial charge in [-0.1, -0.05) is 42.1 Å². The van der Waals surface area contributed by atoms with Crippen molar-refractivity contribution < 1.29 is 13.2 Å². The summed E-state index contributed by atoms with van der Waals surface area (Å²) in [6.45, 7) is 1.54. The van der Waals surface area contributed by atoms with E-state index in [1.54, 1.807) is 30.8 Å². The van der Waals surface area contributed by atoms with Gasteiger partial charge in [0.15, 0.2) is 20.8 Å². The average molecular weight is 429 g/mol. The highest BCUT2D eigenvalue weighted by Gasteiger charge is 2.47. The molecular weight excluding hydrogens is 404 g/mol. The van der Waals surface area contributed by atoms with Crippen LogP contribution >= 0.6 is 11.8 Å². The molecule has 1 fully saturated rings. The van der Waals surface area contributed by atoms with E-state index in [4.69, 9.17) is 4.99 Å². The van der Waals surface area contributed by atoms with Crippen molar-refractivity contribution in [3.8, 4) is 0 Å². The Morgan fingerprint density at radius 3 is 2.52 bits per heavy atom. The molecule has 1 saturated heterocycles. The summed E-state index contributed by atoms with van der Waals surface area (Å²) in [4.78, 5) is 18.4. The van der Waals surface area contributed by atoms with Gasteiger partial charge in [0.1, 0.15) is 0 Å². The van der Waals surface area contributed by atoms with Gasteiger partial charge < -0.3 is 4.90 Å². The Bertz CT molecular complexity index is 1020. The Kier molecular flexibility index (Phi) is 5.79. The highest BCUT2D eigenvalue weighted by molar-refractivity contribution is 8.14. The monoisotopic (exact) mass is 428 g/mol. The molecule has 4 rings (SSSR count). The van der Waals surface area contributed by atoms with E-state index in [9.17, 15) is 13.2 Å². The fourth-order valence-corrected chi connectivity index (χ4v) is 6.78. The van der Waals surface area contributed by atoms with E-state index < -0.39 is 9.84 Å². The second-order valence-electron chi connectivity index (χ2n) is 7.53. The Balaban J connectivity index is 1.48. The van der Waals surface area contributed by atoms with Crippen LogP contribution in [-0.4, -0.2) is 48.7 Å². The summed E-state index contributed by atoms with van der Waals surface area (Å²) in [6, 6.07) is 17.4. The number of thioether (sulfide) groups is 1. The number of fused-ring (bicyclic) bond motifs is 1. The van der Waals surface area contributed by atoms with Gasteiger partial charge in [-0.2, -0.15) is 0 Å². The van der Waals surface area contributed by atoms with Crippen molar-refractivity contribution in [1.29, 1.82) is 0 Å². The Morgan fingerprint density at radius 2 is 1.83 bits per heavy atom. The first-order chi connectivity index (χ1) is 13.9. The molecule has 2 aliphatic rings. The lowest BCUT2D eigenvalue weighted by molar-refractivity contribution is 0.101. The number of nitrogens with zero attached hydrogens (tertiary/aromatic N) is 2. The van der Waals surface area contributed by atoms with E-state index >= 15 is 0 Å². The van der Waals surface area contributed by atoms with E-state index in [1.807, 2.05) is 18.2 Å². The number of ketones is 1. The van der Waals surface area contributed by atoms with Crippen molar-refractivity contribution >= 4 is 38.2 Å². The van der Waals surface area contributed by atoms with E-state index in [-0.39, 0.29) is 29.4 Å². The molecule has 0 unspecified atom stereocenters. The molecule has 0 amide bonds. The smallest absolute Gasteiger partial charge is 0.164 e. The van der Waals surface area contributed by atoms with Gasteiger partial charge >= 0.3 is 0 Å². The van der Waals surface area contributed by atoms with Crippen molar-refractivity contribution in [3.05, 3.63) is 65.7 Å². The van der Waals surface area contributed by atoms with Crippen LogP contribution in [0.25, 0.3) is 0 Å². The Morgan fingerprint density at radius 1 is 1.10 bits per heavy atom. The summed E-state index contributed by atoms with van der Waals surface area (Å²) in [5.74, 6) is 1.18. The number of anilines is 1. The molecule has 0 N–H and O–H groups in total. The maximum absolute atomic E-state index is 12.1. The summed E-state index contributed by atoms with van der Waals surface area (Å²) in [7, 11) is -3.06. The fourth-order valence-electron chi connectivity index (χ4n) is 3.88. The quantitative estimate of drug-likeness (QED) is 0.520. The number of hydrogen-bond acceptors (Lipinski definition) is 6. The Hall–Kier alpha value is -2.12. The SMILES string of the molecule is CC(=O)c1ccc(N2C(SCCCc3ccccc3)=N[C@@H]3CS(=O)(=O)C[C@@H]32)cc1. The molecule has 2 aromatic carbocycles. The first-order valence-corrected chi connectivity index (χ1v) is 12.6. The number of benzene rings is 2. The van der Waals surface area contributed by atoms with Gasteiger partial charge in [-0.15, -0.1) is 0 Å². The zero-order valence-electron chi connectivity index (χ0n) is 16.3. The molecular formula is C22H24N2O3S2. The lowest BCUT2D eigenvalue weighted by Gasteiger charge is -2.26. The van der Waals surface area contributed by atoms with Crippen LogP contribution in [0.2, 0.25) is 0 Å². The minimum Gasteiger partial charge on any atom is -0.315 e. The summed E-state index contributed by atoms with van der Waals surface area (Å²) in [5.41, 5.74) is 2.87. The van der Waals surface area contributed by atoms with Crippen molar-refractivity contribution in [1.82, 2.24) is 0 Å². The number of amidine groups is 1. The lowest BCUT2D eigenvalue weighted by Crippen LogP contribution is -2.39. The second kappa shape index (κ2) is 8.32. The predicted molar refractivity (Wildman–Crippen MR) is 120 cm³/mol. The number of sulfone groups is 1. The molecule has 0 aromatic heterocycles. The highest BCUT2D eigenvalue weighted by Crippen LogP contribution is 2.35. The van der Waals surface area contributed by atoms with Crippen molar-refractivity contribution in [2.24, 2.45) is 4.99 Å². The third kappa shape index (κ3) is 4.56. The largest absolute Gasteiger partial charge is 0.315 e. The molecule has 0 aliphatic carbocycles. The van der Waals surface area contributed by atoms with Crippen LogP contribution < -0.4 is 4.90 Å². The molecule has 0 spiro atoms. The summed E-state index contributed by atoms with van der Waals surface area (Å²) in [6.07, 6.45) is 2.04. The average Bonchev–Trinajstić information content (AvgIpc) is 3.17. The number of carbonyl (C=O) groups excluding carboxylic acids is 1. The second-order valence-corrected chi connectivity index (χ2v) is 10.7. The highest BCUT2D eigenvalue weighted by atomic mass is 32.2. The van der Waals surface area contributed by atoms with Gasteiger partial charge in [0.05, 0.1) is 23.6 Å². The molecule has 0 saturated carbocycles. The van der Waals surface area contributed by atoms with Gasteiger partial charge in [0.25, 0.3) is 0 Å². The van der Waals surface area contributed by atoms with E-state index in [0.29, 0.717) is 5.56 Å². The molecule has 29 heavy (non-hydrogen) atoms. The number of hydrogen-bond donors (Lipinski definition) is 0.